The molecule has 0 unspecified atom stereocenters. The summed E-state index contributed by atoms with van der Waals surface area (Å²) < 4.78 is 0. The molecular weight excluding hydrogens is 153 g/mol. The first kappa shape index (κ1) is 14.1. The van der Waals surface area contributed by atoms with E-state index in [2.05, 4.69) is 19.0 Å². The van der Waals surface area contributed by atoms with E-state index in [1.54, 1.807) is 0 Å². The fourth-order valence-corrected chi connectivity index (χ4v) is 0.717. The van der Waals surface area contributed by atoms with Gasteiger partial charge in [-0.2, -0.15) is 0 Å². The van der Waals surface area contributed by atoms with Crippen molar-refractivity contribution in [2.24, 2.45) is 0 Å². The molecule has 0 aromatic carbocycles. The van der Waals surface area contributed by atoms with Crippen LogP contribution in [0.4, 0.5) is 0 Å². The van der Waals surface area contributed by atoms with Crippen molar-refractivity contribution in [2.75, 3.05) is 27.2 Å². The number of aliphatic hydroxyl groups excluding tert-OH is 1. The molecule has 0 saturated heterocycles. The molecule has 0 heterocycles. The molecule has 0 fully saturated rings. The van der Waals surface area contributed by atoms with Gasteiger partial charge in [-0.3, -0.25) is 0 Å². The van der Waals surface area contributed by atoms with Gasteiger partial charge < -0.3 is 10.0 Å². The first-order valence-electron chi connectivity index (χ1n) is 3.53. The number of aliphatic hydroxyl groups is 1. The first-order valence-corrected chi connectivity index (χ1v) is 3.53. The van der Waals surface area contributed by atoms with Crippen molar-refractivity contribution < 1.29 is 5.11 Å². The van der Waals surface area contributed by atoms with Crippen molar-refractivity contribution in [3.63, 3.8) is 0 Å². The van der Waals surface area contributed by atoms with Crippen LogP contribution in [-0.4, -0.2) is 88.6 Å². The second kappa shape index (κ2) is 10.6. The van der Waals surface area contributed by atoms with Gasteiger partial charge in [-0.1, -0.05) is 0 Å². The van der Waals surface area contributed by atoms with Crippen LogP contribution in [0.1, 0.15) is 19.3 Å². The molecule has 2 nitrogen and oxygen atoms in total. The van der Waals surface area contributed by atoms with Crippen molar-refractivity contribution in [1.29, 1.82) is 0 Å². The predicted octanol–water partition coefficient (Wildman–Crippen LogP) is 0.0621. The Morgan fingerprint density at radius 3 is 2.10 bits per heavy atom. The first-order chi connectivity index (χ1) is 4.27. The molecule has 0 saturated carbocycles. The molecule has 0 aliphatic rings. The fraction of sp³-hybridized carbons (Fsp3) is 1.00. The van der Waals surface area contributed by atoms with Crippen molar-refractivity contribution in [2.45, 2.75) is 19.3 Å². The molecule has 10 heavy (non-hydrogen) atoms. The molecule has 0 radical (unpaired) electrons. The van der Waals surface area contributed by atoms with E-state index in [-0.39, 0.29) is 51.4 Å². The van der Waals surface area contributed by atoms with Gasteiger partial charge in [0.05, 0.1) is 0 Å². The molecule has 0 bridgehead atoms. The van der Waals surface area contributed by atoms with Crippen LogP contribution in [-0.2, 0) is 0 Å². The summed E-state index contributed by atoms with van der Waals surface area (Å²) in [6.45, 7) is 1.48. The maximum absolute atomic E-state index is 8.42. The molecule has 1 N–H and O–H groups in total. The fourth-order valence-electron chi connectivity index (χ4n) is 0.717. The SMILES string of the molecule is CN(C)CCCCCO.[KH]. The van der Waals surface area contributed by atoms with Crippen LogP contribution < -0.4 is 0 Å². The Morgan fingerprint density at radius 1 is 1.10 bits per heavy atom. The standard InChI is InChI=1S/C7H17NO.K.H/c1-8(2)6-4-3-5-7-9;;/h9H,3-7H2,1-2H3;;. The summed E-state index contributed by atoms with van der Waals surface area (Å²) in [5, 5.41) is 8.42. The zero-order chi connectivity index (χ0) is 7.11. The molecule has 0 aliphatic carbocycles. The van der Waals surface area contributed by atoms with Gasteiger partial charge in [-0.25, -0.2) is 0 Å². The van der Waals surface area contributed by atoms with E-state index in [9.17, 15) is 0 Å². The summed E-state index contributed by atoms with van der Waals surface area (Å²) in [4.78, 5) is 2.16. The van der Waals surface area contributed by atoms with Gasteiger partial charge >= 0.3 is 51.4 Å². The third-order valence-electron chi connectivity index (χ3n) is 1.26. The van der Waals surface area contributed by atoms with Crippen LogP contribution >= 0.6 is 0 Å². The summed E-state index contributed by atoms with van der Waals surface area (Å²) in [5.74, 6) is 0. The number of hydrogen-bond donors (Lipinski definition) is 1. The summed E-state index contributed by atoms with van der Waals surface area (Å²) in [6, 6.07) is 0. The monoisotopic (exact) mass is 171 g/mol. The van der Waals surface area contributed by atoms with Crippen LogP contribution in [0.3, 0.4) is 0 Å². The summed E-state index contributed by atoms with van der Waals surface area (Å²) in [6.07, 6.45) is 3.30. The predicted molar refractivity (Wildman–Crippen MR) is 46.6 cm³/mol. The minimum atomic E-state index is 0. The quantitative estimate of drug-likeness (QED) is 0.467. The van der Waals surface area contributed by atoms with Gasteiger partial charge in [0.1, 0.15) is 0 Å². The van der Waals surface area contributed by atoms with E-state index in [4.69, 9.17) is 5.11 Å². The number of unbranched alkanes of at least 4 members (excludes halogenated alkanes) is 2. The van der Waals surface area contributed by atoms with Gasteiger partial charge in [0, 0.05) is 6.61 Å². The van der Waals surface area contributed by atoms with E-state index in [0.717, 1.165) is 19.4 Å². The Kier molecular flexibility index (Phi) is 14.9. The Balaban J connectivity index is 0. The summed E-state index contributed by atoms with van der Waals surface area (Å²) in [7, 11) is 4.14. The zero-order valence-corrected chi connectivity index (χ0v) is 6.43. The Hall–Kier alpha value is 1.56. The number of nitrogens with zero attached hydrogens (tertiary/aromatic N) is 1. The molecular formula is C7H18KNO. The molecule has 0 aromatic rings. The van der Waals surface area contributed by atoms with Crippen LogP contribution in [0.15, 0.2) is 0 Å². The number of rotatable bonds is 5. The van der Waals surface area contributed by atoms with Gasteiger partial charge in [0.25, 0.3) is 0 Å². The minimum absolute atomic E-state index is 0. The molecule has 0 aromatic heterocycles. The van der Waals surface area contributed by atoms with Gasteiger partial charge in [-0.15, -0.1) is 0 Å². The molecule has 0 amide bonds. The van der Waals surface area contributed by atoms with Gasteiger partial charge in [-0.05, 0) is 39.9 Å². The van der Waals surface area contributed by atoms with Crippen molar-refractivity contribution in [1.82, 2.24) is 4.90 Å². The third kappa shape index (κ3) is 12.3. The van der Waals surface area contributed by atoms with E-state index in [1.807, 2.05) is 0 Å². The van der Waals surface area contributed by atoms with Gasteiger partial charge in [0.15, 0.2) is 0 Å². The van der Waals surface area contributed by atoms with Crippen LogP contribution in [0, 0.1) is 0 Å². The molecule has 58 valence electrons. The molecule has 0 spiro atoms. The second-order valence-corrected chi connectivity index (χ2v) is 2.59. The van der Waals surface area contributed by atoms with Crippen molar-refractivity contribution >= 4 is 51.4 Å². The van der Waals surface area contributed by atoms with E-state index < -0.39 is 0 Å². The Bertz CT molecular complexity index is 59.6. The average molecular weight is 171 g/mol. The summed E-state index contributed by atoms with van der Waals surface area (Å²) in [5.41, 5.74) is 0. The second-order valence-electron chi connectivity index (χ2n) is 2.59. The Morgan fingerprint density at radius 2 is 1.70 bits per heavy atom. The van der Waals surface area contributed by atoms with E-state index in [1.165, 1.54) is 6.42 Å². The molecule has 3 heteroatoms. The van der Waals surface area contributed by atoms with Crippen LogP contribution in [0.5, 0.6) is 0 Å². The van der Waals surface area contributed by atoms with Crippen LogP contribution in [0.2, 0.25) is 0 Å². The average Bonchev–Trinajstić information content (AvgIpc) is 1.80. The Labute approximate surface area is 106 Å². The molecule has 0 aliphatic heterocycles. The maximum atomic E-state index is 8.42. The summed E-state index contributed by atoms with van der Waals surface area (Å²) >= 11 is 0. The molecule has 0 atom stereocenters. The van der Waals surface area contributed by atoms with Crippen molar-refractivity contribution in [3.05, 3.63) is 0 Å². The third-order valence-corrected chi connectivity index (χ3v) is 1.26. The zero-order valence-electron chi connectivity index (χ0n) is 6.43. The van der Waals surface area contributed by atoms with E-state index in [0.29, 0.717) is 6.61 Å². The van der Waals surface area contributed by atoms with Crippen LogP contribution in [0.25, 0.3) is 0 Å². The molecule has 0 rings (SSSR count). The van der Waals surface area contributed by atoms with Gasteiger partial charge in [0.2, 0.25) is 0 Å². The van der Waals surface area contributed by atoms with Crippen molar-refractivity contribution in [3.8, 4) is 0 Å². The number of hydrogen-bond acceptors (Lipinski definition) is 2. The topological polar surface area (TPSA) is 23.5 Å². The van der Waals surface area contributed by atoms with E-state index >= 15 is 0 Å². The normalized spacial score (nSPS) is 9.60.